The van der Waals surface area contributed by atoms with E-state index >= 15 is 0 Å². The van der Waals surface area contributed by atoms with Crippen LogP contribution in [0.25, 0.3) is 0 Å². The molecule has 2 saturated heterocycles. The highest BCUT2D eigenvalue weighted by atomic mass is 16.5. The summed E-state index contributed by atoms with van der Waals surface area (Å²) in [5.41, 5.74) is -0.431. The summed E-state index contributed by atoms with van der Waals surface area (Å²) in [6.45, 7) is 1.64. The zero-order chi connectivity index (χ0) is 18.2. The van der Waals surface area contributed by atoms with Crippen molar-refractivity contribution in [2.45, 2.75) is 25.4 Å². The largest absolute Gasteiger partial charge is 0.467 e. The van der Waals surface area contributed by atoms with Crippen LogP contribution in [0.1, 0.15) is 29.9 Å². The van der Waals surface area contributed by atoms with Gasteiger partial charge in [0, 0.05) is 40.8 Å². The molecule has 1 aromatic heterocycles. The van der Waals surface area contributed by atoms with Gasteiger partial charge >= 0.3 is 6.01 Å². The molecule has 0 saturated carbocycles. The van der Waals surface area contributed by atoms with E-state index in [0.717, 1.165) is 0 Å². The third-order valence-corrected chi connectivity index (χ3v) is 5.33. The average molecular weight is 351 g/mol. The maximum Gasteiger partial charge on any atom is 0.314 e. The van der Waals surface area contributed by atoms with Crippen molar-refractivity contribution in [2.24, 2.45) is 12.5 Å². The fraction of sp³-hybridized carbons (Fsp3) is 0.750. The Labute approximate surface area is 146 Å². The van der Waals surface area contributed by atoms with E-state index in [2.05, 4.69) is 10.1 Å². The Bertz CT molecular complexity index is 665. The van der Waals surface area contributed by atoms with E-state index in [9.17, 15) is 9.59 Å². The van der Waals surface area contributed by atoms with Gasteiger partial charge in [-0.1, -0.05) is 0 Å². The summed E-state index contributed by atoms with van der Waals surface area (Å²) in [7, 11) is 6.66. The quantitative estimate of drug-likeness (QED) is 0.757. The van der Waals surface area contributed by atoms with Crippen LogP contribution in [0, 0.1) is 5.41 Å². The van der Waals surface area contributed by atoms with Crippen LogP contribution in [0.5, 0.6) is 6.01 Å². The van der Waals surface area contributed by atoms with Gasteiger partial charge in [0.2, 0.25) is 11.7 Å². The fourth-order valence-electron chi connectivity index (χ4n) is 3.87. The molecule has 138 valence electrons. The van der Waals surface area contributed by atoms with E-state index in [4.69, 9.17) is 9.47 Å². The van der Waals surface area contributed by atoms with Gasteiger partial charge in [-0.3, -0.25) is 9.59 Å². The van der Waals surface area contributed by atoms with Crippen molar-refractivity contribution in [3.63, 3.8) is 0 Å². The first-order valence-corrected chi connectivity index (χ1v) is 8.43. The van der Waals surface area contributed by atoms with E-state index < -0.39 is 5.41 Å². The van der Waals surface area contributed by atoms with Gasteiger partial charge in [0.25, 0.3) is 5.91 Å². The highest BCUT2D eigenvalue weighted by molar-refractivity contribution is 5.91. The molecule has 3 rings (SSSR count). The van der Waals surface area contributed by atoms with E-state index in [-0.39, 0.29) is 23.7 Å². The molecule has 0 aliphatic carbocycles. The maximum atomic E-state index is 12.7. The van der Waals surface area contributed by atoms with Gasteiger partial charge in [-0.15, -0.1) is 5.10 Å². The fourth-order valence-corrected chi connectivity index (χ4v) is 3.87. The van der Waals surface area contributed by atoms with Gasteiger partial charge in [0.05, 0.1) is 18.6 Å². The second-order valence-electron chi connectivity index (χ2n) is 6.87. The first-order chi connectivity index (χ1) is 11.9. The van der Waals surface area contributed by atoms with Crippen LogP contribution < -0.4 is 4.74 Å². The summed E-state index contributed by atoms with van der Waals surface area (Å²) in [5.74, 6) is 0.0522. The molecule has 1 spiro atoms. The number of methoxy groups -OCH3 is 2. The molecule has 25 heavy (non-hydrogen) atoms. The minimum atomic E-state index is -0.431. The third-order valence-electron chi connectivity index (χ3n) is 5.33. The summed E-state index contributed by atoms with van der Waals surface area (Å²) in [6, 6.07) is 0.295. The highest BCUT2D eigenvalue weighted by Gasteiger charge is 2.48. The summed E-state index contributed by atoms with van der Waals surface area (Å²) >= 11 is 0. The van der Waals surface area contributed by atoms with Crippen LogP contribution in [-0.4, -0.2) is 83.4 Å². The standard InChI is InChI=1S/C16H25N5O4/c1-19-10-11(24-3)9-16(14(19)23)5-7-21(8-6-16)13(22)12-17-15(25-4)20(2)18-12/h11H,5-10H2,1-4H3. The minimum absolute atomic E-state index is 0.0478. The van der Waals surface area contributed by atoms with Crippen LogP contribution >= 0.6 is 0 Å². The number of likely N-dealkylation sites (tertiary alicyclic amines) is 2. The van der Waals surface area contributed by atoms with E-state index in [1.54, 1.807) is 24.0 Å². The Morgan fingerprint density at radius 2 is 1.92 bits per heavy atom. The molecule has 0 N–H and O–H groups in total. The molecule has 1 atom stereocenters. The van der Waals surface area contributed by atoms with E-state index in [1.165, 1.54) is 11.8 Å². The van der Waals surface area contributed by atoms with Crippen LogP contribution in [0.15, 0.2) is 0 Å². The normalized spacial score (nSPS) is 23.2. The Morgan fingerprint density at radius 1 is 1.24 bits per heavy atom. The molecule has 0 radical (unpaired) electrons. The molecule has 9 heteroatoms. The van der Waals surface area contributed by atoms with E-state index in [0.29, 0.717) is 44.9 Å². The van der Waals surface area contributed by atoms with Crippen LogP contribution in [0.2, 0.25) is 0 Å². The van der Waals surface area contributed by atoms with Crippen molar-refractivity contribution in [3.8, 4) is 6.01 Å². The first kappa shape index (κ1) is 17.7. The molecule has 2 amide bonds. The van der Waals surface area contributed by atoms with Crippen LogP contribution in [-0.2, 0) is 16.6 Å². The number of piperidine rings is 2. The lowest BCUT2D eigenvalue weighted by Gasteiger charge is -2.47. The summed E-state index contributed by atoms with van der Waals surface area (Å²) < 4.78 is 12.0. The molecule has 2 aliphatic heterocycles. The number of nitrogens with zero attached hydrogens (tertiary/aromatic N) is 5. The Hall–Kier alpha value is -2.16. The maximum absolute atomic E-state index is 12.7. The second kappa shape index (κ2) is 6.62. The van der Waals surface area contributed by atoms with Gasteiger partial charge in [-0.05, 0) is 19.3 Å². The molecular formula is C16H25N5O4. The van der Waals surface area contributed by atoms with Crippen molar-refractivity contribution < 1.29 is 19.1 Å². The van der Waals surface area contributed by atoms with Gasteiger partial charge < -0.3 is 19.3 Å². The third kappa shape index (κ3) is 3.08. The van der Waals surface area contributed by atoms with Crippen molar-refractivity contribution in [1.29, 1.82) is 0 Å². The molecule has 3 heterocycles. The summed E-state index contributed by atoms with van der Waals surface area (Å²) in [6.07, 6.45) is 2.02. The number of aromatic nitrogens is 3. The zero-order valence-corrected chi connectivity index (χ0v) is 15.2. The SMILES string of the molecule is COc1nc(C(=O)N2CCC3(CC2)CC(OC)CN(C)C3=O)nn1C. The molecular weight excluding hydrogens is 326 g/mol. The molecule has 0 aromatic carbocycles. The topological polar surface area (TPSA) is 89.8 Å². The average Bonchev–Trinajstić information content (AvgIpc) is 3.00. The lowest BCUT2D eigenvalue weighted by atomic mass is 9.71. The highest BCUT2D eigenvalue weighted by Crippen LogP contribution is 2.41. The Morgan fingerprint density at radius 3 is 2.48 bits per heavy atom. The van der Waals surface area contributed by atoms with Crippen molar-refractivity contribution in [1.82, 2.24) is 24.6 Å². The molecule has 0 bridgehead atoms. The van der Waals surface area contributed by atoms with Crippen molar-refractivity contribution in [2.75, 3.05) is 40.9 Å². The first-order valence-electron chi connectivity index (χ1n) is 8.43. The Balaban J connectivity index is 1.70. The molecule has 2 aliphatic rings. The number of hydrogen-bond donors (Lipinski definition) is 0. The Kier molecular flexibility index (Phi) is 4.68. The summed E-state index contributed by atoms with van der Waals surface area (Å²) in [5, 5.41) is 4.11. The number of carbonyl (C=O) groups excluding carboxylic acids is 2. The number of carbonyl (C=O) groups is 2. The predicted octanol–water partition coefficient (Wildman–Crippen LogP) is -0.0768. The van der Waals surface area contributed by atoms with Gasteiger partial charge in [0.1, 0.15) is 0 Å². The number of aryl methyl sites for hydroxylation is 1. The van der Waals surface area contributed by atoms with Gasteiger partial charge in [0.15, 0.2) is 0 Å². The predicted molar refractivity (Wildman–Crippen MR) is 88.2 cm³/mol. The number of amides is 2. The minimum Gasteiger partial charge on any atom is -0.467 e. The van der Waals surface area contributed by atoms with Crippen LogP contribution in [0.3, 0.4) is 0 Å². The number of rotatable bonds is 3. The molecule has 9 nitrogen and oxygen atoms in total. The van der Waals surface area contributed by atoms with Crippen LogP contribution in [0.4, 0.5) is 0 Å². The van der Waals surface area contributed by atoms with Crippen molar-refractivity contribution >= 4 is 11.8 Å². The van der Waals surface area contributed by atoms with Gasteiger partial charge in [-0.25, -0.2) is 4.68 Å². The molecule has 1 aromatic rings. The lowest BCUT2D eigenvalue weighted by Crippen LogP contribution is -2.57. The molecule has 1 unspecified atom stereocenters. The smallest absolute Gasteiger partial charge is 0.314 e. The number of hydrogen-bond acceptors (Lipinski definition) is 6. The zero-order valence-electron chi connectivity index (χ0n) is 15.2. The lowest BCUT2D eigenvalue weighted by molar-refractivity contribution is -0.155. The van der Waals surface area contributed by atoms with E-state index in [1.807, 2.05) is 7.05 Å². The number of likely N-dealkylation sites (N-methyl/N-ethyl adjacent to an activating group) is 1. The summed E-state index contributed by atoms with van der Waals surface area (Å²) in [4.78, 5) is 32.9. The van der Waals surface area contributed by atoms with Gasteiger partial charge in [-0.2, -0.15) is 4.98 Å². The monoisotopic (exact) mass is 351 g/mol. The second-order valence-corrected chi connectivity index (χ2v) is 6.87. The van der Waals surface area contributed by atoms with Crippen molar-refractivity contribution in [3.05, 3.63) is 5.82 Å². The molecule has 2 fully saturated rings. The number of ether oxygens (including phenoxy) is 2.